The number of carbonyl (C=O) groups is 3. The van der Waals surface area contributed by atoms with Gasteiger partial charge in [0.15, 0.2) is 5.78 Å². The molecule has 0 unspecified atom stereocenters. The van der Waals surface area contributed by atoms with Gasteiger partial charge in [-0.1, -0.05) is 18.2 Å². The molecule has 2 aromatic carbocycles. The maximum atomic E-state index is 12.2. The van der Waals surface area contributed by atoms with E-state index in [9.17, 15) is 14.4 Å². The quantitative estimate of drug-likeness (QED) is 0.851. The number of amides is 2. The SMILES string of the molecule is CC(=O)Nc1cccc(C(=O)Nc2cccc(C(C)=O)c2)c1. The van der Waals surface area contributed by atoms with Crippen molar-refractivity contribution < 1.29 is 14.4 Å². The minimum atomic E-state index is -0.312. The zero-order valence-electron chi connectivity index (χ0n) is 12.3. The molecule has 0 aliphatic rings. The van der Waals surface area contributed by atoms with Crippen molar-refractivity contribution in [1.82, 2.24) is 0 Å². The Morgan fingerprint density at radius 1 is 0.773 bits per heavy atom. The highest BCUT2D eigenvalue weighted by Crippen LogP contribution is 2.15. The Labute approximate surface area is 128 Å². The van der Waals surface area contributed by atoms with Crippen molar-refractivity contribution in [2.24, 2.45) is 0 Å². The first-order chi connectivity index (χ1) is 10.5. The molecule has 0 saturated carbocycles. The topological polar surface area (TPSA) is 75.3 Å². The summed E-state index contributed by atoms with van der Waals surface area (Å²) in [6.45, 7) is 2.87. The largest absolute Gasteiger partial charge is 0.326 e. The molecule has 5 heteroatoms. The third kappa shape index (κ3) is 4.02. The van der Waals surface area contributed by atoms with Gasteiger partial charge in [-0.15, -0.1) is 0 Å². The molecular weight excluding hydrogens is 280 g/mol. The van der Waals surface area contributed by atoms with Crippen LogP contribution in [0.4, 0.5) is 11.4 Å². The van der Waals surface area contributed by atoms with E-state index in [0.29, 0.717) is 22.5 Å². The molecule has 2 amide bonds. The van der Waals surface area contributed by atoms with Crippen molar-refractivity contribution in [3.05, 3.63) is 59.7 Å². The van der Waals surface area contributed by atoms with Crippen LogP contribution in [0.25, 0.3) is 0 Å². The van der Waals surface area contributed by atoms with Crippen LogP contribution in [0, 0.1) is 0 Å². The number of hydrogen-bond donors (Lipinski definition) is 2. The van der Waals surface area contributed by atoms with Crippen molar-refractivity contribution in [3.63, 3.8) is 0 Å². The monoisotopic (exact) mass is 296 g/mol. The van der Waals surface area contributed by atoms with Crippen LogP contribution in [-0.2, 0) is 4.79 Å². The van der Waals surface area contributed by atoms with Crippen molar-refractivity contribution in [3.8, 4) is 0 Å². The first kappa shape index (κ1) is 15.4. The summed E-state index contributed by atoms with van der Waals surface area (Å²) >= 11 is 0. The summed E-state index contributed by atoms with van der Waals surface area (Å²) < 4.78 is 0. The summed E-state index contributed by atoms with van der Waals surface area (Å²) in [4.78, 5) is 34.6. The van der Waals surface area contributed by atoms with Gasteiger partial charge in [0.1, 0.15) is 0 Å². The zero-order valence-corrected chi connectivity index (χ0v) is 12.3. The fourth-order valence-corrected chi connectivity index (χ4v) is 1.96. The van der Waals surface area contributed by atoms with Gasteiger partial charge < -0.3 is 10.6 Å². The molecule has 0 atom stereocenters. The Morgan fingerprint density at radius 2 is 1.32 bits per heavy atom. The van der Waals surface area contributed by atoms with Crippen LogP contribution >= 0.6 is 0 Å². The lowest BCUT2D eigenvalue weighted by atomic mass is 10.1. The Hall–Kier alpha value is -2.95. The molecule has 0 spiro atoms. The number of ketones is 1. The second kappa shape index (κ2) is 6.67. The molecule has 2 rings (SSSR count). The number of nitrogens with one attached hydrogen (secondary N) is 2. The van der Waals surface area contributed by atoms with Crippen LogP contribution in [0.15, 0.2) is 48.5 Å². The maximum absolute atomic E-state index is 12.2. The lowest BCUT2D eigenvalue weighted by Gasteiger charge is -2.08. The van der Waals surface area contributed by atoms with Gasteiger partial charge in [0, 0.05) is 29.4 Å². The standard InChI is InChI=1S/C17H16N2O3/c1-11(20)13-5-3-8-16(9-13)19-17(22)14-6-4-7-15(10-14)18-12(2)21/h3-10H,1-2H3,(H,18,21)(H,19,22). The van der Waals surface area contributed by atoms with E-state index in [1.165, 1.54) is 13.8 Å². The first-order valence-electron chi connectivity index (χ1n) is 6.76. The number of carbonyl (C=O) groups excluding carboxylic acids is 3. The highest BCUT2D eigenvalue weighted by molar-refractivity contribution is 6.06. The first-order valence-corrected chi connectivity index (χ1v) is 6.76. The maximum Gasteiger partial charge on any atom is 0.255 e. The van der Waals surface area contributed by atoms with Crippen molar-refractivity contribution in [2.45, 2.75) is 13.8 Å². The average molecular weight is 296 g/mol. The summed E-state index contributed by atoms with van der Waals surface area (Å²) in [6, 6.07) is 13.4. The molecule has 2 N–H and O–H groups in total. The van der Waals surface area contributed by atoms with E-state index in [4.69, 9.17) is 0 Å². The Balaban J connectivity index is 2.17. The molecule has 0 saturated heterocycles. The summed E-state index contributed by atoms with van der Waals surface area (Å²) in [5.74, 6) is -0.580. The van der Waals surface area contributed by atoms with E-state index < -0.39 is 0 Å². The smallest absolute Gasteiger partial charge is 0.255 e. The van der Waals surface area contributed by atoms with Crippen molar-refractivity contribution in [2.75, 3.05) is 10.6 Å². The van der Waals surface area contributed by atoms with Crippen LogP contribution in [0.2, 0.25) is 0 Å². The average Bonchev–Trinajstić information content (AvgIpc) is 2.47. The van der Waals surface area contributed by atoms with Crippen LogP contribution < -0.4 is 10.6 Å². The van der Waals surface area contributed by atoms with Gasteiger partial charge in [-0.25, -0.2) is 0 Å². The van der Waals surface area contributed by atoms with Gasteiger partial charge in [0.2, 0.25) is 5.91 Å². The molecule has 0 radical (unpaired) electrons. The van der Waals surface area contributed by atoms with Gasteiger partial charge in [-0.05, 0) is 37.3 Å². The number of benzene rings is 2. The third-order valence-electron chi connectivity index (χ3n) is 2.97. The Kier molecular flexibility index (Phi) is 4.68. The van der Waals surface area contributed by atoms with E-state index in [2.05, 4.69) is 10.6 Å². The van der Waals surface area contributed by atoms with E-state index in [1.54, 1.807) is 48.5 Å². The minimum Gasteiger partial charge on any atom is -0.326 e. The van der Waals surface area contributed by atoms with Gasteiger partial charge in [0.05, 0.1) is 0 Å². The summed E-state index contributed by atoms with van der Waals surface area (Å²) in [7, 11) is 0. The summed E-state index contributed by atoms with van der Waals surface area (Å²) in [5, 5.41) is 5.35. The fourth-order valence-electron chi connectivity index (χ4n) is 1.96. The molecule has 0 aliphatic heterocycles. The van der Waals surface area contributed by atoms with E-state index in [-0.39, 0.29) is 17.6 Å². The van der Waals surface area contributed by atoms with Crippen molar-refractivity contribution in [1.29, 1.82) is 0 Å². The molecule has 0 aliphatic carbocycles. The molecule has 2 aromatic rings. The highest BCUT2D eigenvalue weighted by Gasteiger charge is 2.08. The predicted molar refractivity (Wildman–Crippen MR) is 85.1 cm³/mol. The lowest BCUT2D eigenvalue weighted by molar-refractivity contribution is -0.114. The predicted octanol–water partition coefficient (Wildman–Crippen LogP) is 3.10. The van der Waals surface area contributed by atoms with E-state index in [1.807, 2.05) is 0 Å². The highest BCUT2D eigenvalue weighted by atomic mass is 16.2. The number of anilines is 2. The van der Waals surface area contributed by atoms with E-state index in [0.717, 1.165) is 0 Å². The van der Waals surface area contributed by atoms with Crippen LogP contribution in [0.5, 0.6) is 0 Å². The normalized spacial score (nSPS) is 9.91. The number of rotatable bonds is 4. The molecule has 0 heterocycles. The van der Waals surface area contributed by atoms with Crippen LogP contribution in [0.1, 0.15) is 34.6 Å². The number of Topliss-reactive ketones (excluding diaryl/α,β-unsaturated/α-hetero) is 1. The fraction of sp³-hybridized carbons (Fsp3) is 0.118. The van der Waals surface area contributed by atoms with Crippen molar-refractivity contribution >= 4 is 29.0 Å². The summed E-state index contributed by atoms with van der Waals surface area (Å²) in [5.41, 5.74) is 2.05. The molecule has 0 bridgehead atoms. The molecule has 112 valence electrons. The molecule has 0 aromatic heterocycles. The van der Waals surface area contributed by atoms with Gasteiger partial charge in [0.25, 0.3) is 5.91 Å². The number of hydrogen-bond acceptors (Lipinski definition) is 3. The molecule has 22 heavy (non-hydrogen) atoms. The molecule has 0 fully saturated rings. The Morgan fingerprint density at radius 3 is 1.91 bits per heavy atom. The van der Waals surface area contributed by atoms with Gasteiger partial charge >= 0.3 is 0 Å². The van der Waals surface area contributed by atoms with Gasteiger partial charge in [-0.3, -0.25) is 14.4 Å². The van der Waals surface area contributed by atoms with Crippen LogP contribution in [0.3, 0.4) is 0 Å². The molecule has 5 nitrogen and oxygen atoms in total. The third-order valence-corrected chi connectivity index (χ3v) is 2.97. The minimum absolute atomic E-state index is 0.0660. The second-order valence-corrected chi connectivity index (χ2v) is 4.85. The zero-order chi connectivity index (χ0) is 16.1. The Bertz CT molecular complexity index is 738. The summed E-state index contributed by atoms with van der Waals surface area (Å²) in [6.07, 6.45) is 0. The molecular formula is C17H16N2O3. The van der Waals surface area contributed by atoms with Crippen LogP contribution in [-0.4, -0.2) is 17.6 Å². The lowest BCUT2D eigenvalue weighted by Crippen LogP contribution is -2.13. The second-order valence-electron chi connectivity index (χ2n) is 4.85. The van der Waals surface area contributed by atoms with E-state index >= 15 is 0 Å². The van der Waals surface area contributed by atoms with Gasteiger partial charge in [-0.2, -0.15) is 0 Å².